The van der Waals surface area contributed by atoms with Crippen LogP contribution in [-0.4, -0.2) is 28.9 Å². The minimum atomic E-state index is -0.876. The van der Waals surface area contributed by atoms with Crippen molar-refractivity contribution in [3.8, 4) is 0 Å². The van der Waals surface area contributed by atoms with Crippen LogP contribution < -0.4 is 0 Å². The van der Waals surface area contributed by atoms with E-state index in [2.05, 4.69) is 6.92 Å². The SMILES string of the molecule is Cc1cccc2cc(C(=O)O)n(CC3(C)COC3)c12. The molecule has 0 spiro atoms. The summed E-state index contributed by atoms with van der Waals surface area (Å²) in [5, 5.41) is 10.4. The molecule has 3 rings (SSSR count). The van der Waals surface area contributed by atoms with E-state index in [0.29, 0.717) is 25.5 Å². The van der Waals surface area contributed by atoms with Gasteiger partial charge < -0.3 is 14.4 Å². The summed E-state index contributed by atoms with van der Waals surface area (Å²) in [6.07, 6.45) is 0. The van der Waals surface area contributed by atoms with Gasteiger partial charge in [0.25, 0.3) is 0 Å². The molecule has 1 N–H and O–H groups in total. The standard InChI is InChI=1S/C15H17NO3/c1-10-4-3-5-11-6-12(14(17)18)16(13(10)11)7-15(2)8-19-9-15/h3-6H,7-9H2,1-2H3,(H,17,18). The lowest BCUT2D eigenvalue weighted by Gasteiger charge is -2.38. The summed E-state index contributed by atoms with van der Waals surface area (Å²) in [6.45, 7) is 6.22. The van der Waals surface area contributed by atoms with Crippen molar-refractivity contribution in [2.24, 2.45) is 5.41 Å². The van der Waals surface area contributed by atoms with Gasteiger partial charge in [-0.1, -0.05) is 25.1 Å². The third-order valence-corrected chi connectivity index (χ3v) is 3.78. The number of carboxylic acids is 1. The number of aromatic nitrogens is 1. The van der Waals surface area contributed by atoms with Crippen LogP contribution in [0.5, 0.6) is 0 Å². The number of hydrogen-bond donors (Lipinski definition) is 1. The van der Waals surface area contributed by atoms with E-state index in [1.54, 1.807) is 6.07 Å². The number of ether oxygens (including phenoxy) is 1. The first-order valence-electron chi connectivity index (χ1n) is 6.40. The number of benzene rings is 1. The highest BCUT2D eigenvalue weighted by atomic mass is 16.5. The average molecular weight is 259 g/mol. The van der Waals surface area contributed by atoms with Crippen molar-refractivity contribution in [3.05, 3.63) is 35.5 Å². The van der Waals surface area contributed by atoms with Crippen LogP contribution in [0.1, 0.15) is 23.0 Å². The molecule has 1 aliphatic heterocycles. The highest BCUT2D eigenvalue weighted by Gasteiger charge is 2.35. The molecule has 19 heavy (non-hydrogen) atoms. The summed E-state index contributed by atoms with van der Waals surface area (Å²) < 4.78 is 7.19. The monoisotopic (exact) mass is 259 g/mol. The van der Waals surface area contributed by atoms with Crippen molar-refractivity contribution >= 4 is 16.9 Å². The van der Waals surface area contributed by atoms with Crippen LogP contribution in [0.3, 0.4) is 0 Å². The molecule has 0 atom stereocenters. The highest BCUT2D eigenvalue weighted by molar-refractivity contribution is 5.95. The Balaban J connectivity index is 2.18. The van der Waals surface area contributed by atoms with Crippen LogP contribution in [-0.2, 0) is 11.3 Å². The van der Waals surface area contributed by atoms with E-state index in [9.17, 15) is 9.90 Å². The second kappa shape index (κ2) is 4.10. The van der Waals surface area contributed by atoms with Gasteiger partial charge in [0.1, 0.15) is 5.69 Å². The predicted octanol–water partition coefficient (Wildman–Crippen LogP) is 2.68. The van der Waals surface area contributed by atoms with Gasteiger partial charge in [0.2, 0.25) is 0 Å². The van der Waals surface area contributed by atoms with Gasteiger partial charge in [-0.05, 0) is 18.6 Å². The van der Waals surface area contributed by atoms with E-state index in [1.165, 1.54) is 0 Å². The Kier molecular flexibility index (Phi) is 2.64. The minimum absolute atomic E-state index is 0.0401. The molecule has 4 heteroatoms. The number of fused-ring (bicyclic) bond motifs is 1. The maximum absolute atomic E-state index is 11.4. The molecule has 1 aromatic heterocycles. The quantitative estimate of drug-likeness (QED) is 0.922. The largest absolute Gasteiger partial charge is 0.477 e. The third kappa shape index (κ3) is 1.92. The molecule has 0 amide bonds. The number of carbonyl (C=O) groups is 1. The number of nitrogens with zero attached hydrogens (tertiary/aromatic N) is 1. The van der Waals surface area contributed by atoms with Gasteiger partial charge in [-0.15, -0.1) is 0 Å². The smallest absolute Gasteiger partial charge is 0.352 e. The fraction of sp³-hybridized carbons (Fsp3) is 0.400. The van der Waals surface area contributed by atoms with Crippen LogP contribution in [0.15, 0.2) is 24.3 Å². The molecule has 1 aromatic carbocycles. The molecule has 0 aliphatic carbocycles. The molecular weight excluding hydrogens is 242 g/mol. The maximum Gasteiger partial charge on any atom is 0.352 e. The van der Waals surface area contributed by atoms with Crippen LogP contribution >= 0.6 is 0 Å². The first-order valence-corrected chi connectivity index (χ1v) is 6.40. The first kappa shape index (κ1) is 12.2. The van der Waals surface area contributed by atoms with Gasteiger partial charge in [-0.25, -0.2) is 4.79 Å². The Hall–Kier alpha value is -1.81. The first-order chi connectivity index (χ1) is 9.00. The lowest BCUT2D eigenvalue weighted by Crippen LogP contribution is -2.43. The lowest BCUT2D eigenvalue weighted by atomic mass is 9.88. The number of rotatable bonds is 3. The second-order valence-electron chi connectivity index (χ2n) is 5.74. The lowest BCUT2D eigenvalue weighted by molar-refractivity contribution is -0.109. The molecule has 0 saturated carbocycles. The number of aryl methyl sites for hydroxylation is 1. The molecule has 100 valence electrons. The molecular formula is C15H17NO3. The summed E-state index contributed by atoms with van der Waals surface area (Å²) >= 11 is 0. The Bertz CT molecular complexity index is 653. The van der Waals surface area contributed by atoms with E-state index < -0.39 is 5.97 Å². The molecule has 4 nitrogen and oxygen atoms in total. The van der Waals surface area contributed by atoms with Gasteiger partial charge in [-0.3, -0.25) is 0 Å². The normalized spacial score (nSPS) is 17.4. The zero-order chi connectivity index (χ0) is 13.6. The van der Waals surface area contributed by atoms with Crippen LogP contribution in [0.25, 0.3) is 10.9 Å². The Morgan fingerprint density at radius 1 is 1.47 bits per heavy atom. The van der Waals surface area contributed by atoms with Crippen LogP contribution in [0, 0.1) is 12.3 Å². The third-order valence-electron chi connectivity index (χ3n) is 3.78. The van der Waals surface area contributed by atoms with Crippen molar-refractivity contribution in [2.45, 2.75) is 20.4 Å². The Morgan fingerprint density at radius 2 is 2.21 bits per heavy atom. The van der Waals surface area contributed by atoms with Crippen molar-refractivity contribution in [1.29, 1.82) is 0 Å². The highest BCUT2D eigenvalue weighted by Crippen LogP contribution is 2.32. The van der Waals surface area contributed by atoms with E-state index in [1.807, 2.05) is 29.7 Å². The van der Waals surface area contributed by atoms with Crippen molar-refractivity contribution in [1.82, 2.24) is 4.57 Å². The summed E-state index contributed by atoms with van der Waals surface area (Å²) in [5.41, 5.74) is 2.53. The van der Waals surface area contributed by atoms with E-state index in [-0.39, 0.29) is 5.41 Å². The van der Waals surface area contributed by atoms with E-state index >= 15 is 0 Å². The van der Waals surface area contributed by atoms with Gasteiger partial charge >= 0.3 is 5.97 Å². The van der Waals surface area contributed by atoms with Crippen LogP contribution in [0.4, 0.5) is 0 Å². The number of para-hydroxylation sites is 1. The topological polar surface area (TPSA) is 51.5 Å². The van der Waals surface area contributed by atoms with Gasteiger partial charge in [0.05, 0.1) is 18.7 Å². The summed E-state index contributed by atoms with van der Waals surface area (Å²) in [4.78, 5) is 11.4. The van der Waals surface area contributed by atoms with Gasteiger partial charge in [-0.2, -0.15) is 0 Å². The molecule has 0 radical (unpaired) electrons. The Morgan fingerprint density at radius 3 is 2.79 bits per heavy atom. The van der Waals surface area contributed by atoms with E-state index in [0.717, 1.165) is 16.5 Å². The molecule has 0 unspecified atom stereocenters. The maximum atomic E-state index is 11.4. The minimum Gasteiger partial charge on any atom is -0.477 e. The summed E-state index contributed by atoms with van der Waals surface area (Å²) in [5.74, 6) is -0.876. The zero-order valence-electron chi connectivity index (χ0n) is 11.1. The summed E-state index contributed by atoms with van der Waals surface area (Å²) in [7, 11) is 0. The zero-order valence-corrected chi connectivity index (χ0v) is 11.1. The average Bonchev–Trinajstić information content (AvgIpc) is 2.67. The molecule has 0 bridgehead atoms. The molecule has 2 heterocycles. The number of aromatic carboxylic acids is 1. The van der Waals surface area contributed by atoms with Crippen molar-refractivity contribution < 1.29 is 14.6 Å². The van der Waals surface area contributed by atoms with Crippen LogP contribution in [0.2, 0.25) is 0 Å². The summed E-state index contributed by atoms with van der Waals surface area (Å²) in [6, 6.07) is 7.70. The molecule has 1 fully saturated rings. The van der Waals surface area contributed by atoms with Gasteiger partial charge in [0, 0.05) is 17.3 Å². The number of hydrogen-bond acceptors (Lipinski definition) is 2. The molecule has 1 saturated heterocycles. The van der Waals surface area contributed by atoms with Gasteiger partial charge in [0.15, 0.2) is 0 Å². The fourth-order valence-corrected chi connectivity index (χ4v) is 2.78. The Labute approximate surface area is 111 Å². The van der Waals surface area contributed by atoms with Crippen molar-refractivity contribution in [3.63, 3.8) is 0 Å². The second-order valence-corrected chi connectivity index (χ2v) is 5.74. The van der Waals surface area contributed by atoms with Crippen molar-refractivity contribution in [2.75, 3.05) is 13.2 Å². The predicted molar refractivity (Wildman–Crippen MR) is 72.6 cm³/mol. The fourth-order valence-electron chi connectivity index (χ4n) is 2.78. The van der Waals surface area contributed by atoms with E-state index in [4.69, 9.17) is 4.74 Å². The number of carboxylic acid groups (broad SMARTS) is 1. The molecule has 1 aliphatic rings. The molecule has 2 aromatic rings.